The van der Waals surface area contributed by atoms with E-state index in [1.165, 1.54) is 0 Å². The zero-order valence-corrected chi connectivity index (χ0v) is 8.88. The third-order valence-electron chi connectivity index (χ3n) is 0.730. The highest BCUT2D eigenvalue weighted by Crippen LogP contribution is 2.49. The van der Waals surface area contributed by atoms with Gasteiger partial charge in [0.1, 0.15) is 0 Å². The molecule has 0 aromatic heterocycles. The molecule has 0 heterocycles. The lowest BCUT2D eigenvalue weighted by Crippen LogP contribution is -2.12. The van der Waals surface area contributed by atoms with Crippen LogP contribution in [0.2, 0.25) is 0 Å². The molecule has 0 saturated heterocycles. The van der Waals surface area contributed by atoms with Gasteiger partial charge in [0.05, 0.1) is 6.10 Å². The maximum atomic E-state index is 10.6. The summed E-state index contributed by atoms with van der Waals surface area (Å²) in [6.07, 6.45) is -1.25. The maximum absolute atomic E-state index is 10.6. The van der Waals surface area contributed by atoms with Gasteiger partial charge in [0.25, 0.3) is 0 Å². The van der Waals surface area contributed by atoms with Crippen molar-refractivity contribution in [2.45, 2.75) is 20.0 Å². The topological polar surface area (TPSA) is 93.1 Å². The molecule has 0 fully saturated rings. The highest BCUT2D eigenvalue weighted by molar-refractivity contribution is 8.54. The van der Waals surface area contributed by atoms with E-state index in [0.717, 1.165) is 0 Å². The molecule has 0 aliphatic rings. The Labute approximate surface area is 79.5 Å². The fourth-order valence-electron chi connectivity index (χ4n) is 0.370. The molecule has 2 N–H and O–H groups in total. The summed E-state index contributed by atoms with van der Waals surface area (Å²) in [5.74, 6) is -0.421. The van der Waals surface area contributed by atoms with E-state index in [2.05, 4.69) is 9.47 Å². The fraction of sp³-hybridized carbons (Fsp3) is 0.800. The Balaban J connectivity index is 3.55. The van der Waals surface area contributed by atoms with Crippen molar-refractivity contribution < 1.29 is 28.6 Å². The molecule has 0 aliphatic carbocycles. The lowest BCUT2D eigenvalue weighted by atomic mass is 10.5. The van der Waals surface area contributed by atoms with Gasteiger partial charge in [-0.3, -0.25) is 0 Å². The monoisotopic (exact) mass is 230 g/mol. The number of hydrogen-bond donors (Lipinski definition) is 2. The van der Waals surface area contributed by atoms with Gasteiger partial charge in [-0.05, 0) is 13.8 Å². The van der Waals surface area contributed by atoms with E-state index in [0.29, 0.717) is 0 Å². The fourth-order valence-corrected chi connectivity index (χ4v) is 1.23. The molecule has 0 aliphatic heterocycles. The van der Waals surface area contributed by atoms with E-state index >= 15 is 0 Å². The minimum absolute atomic E-state index is 0.233. The molecule has 0 rings (SSSR count). The van der Waals surface area contributed by atoms with Crippen LogP contribution in [0.5, 0.6) is 0 Å². The molecule has 6 nitrogen and oxygen atoms in total. The number of rotatable bonds is 4. The summed E-state index contributed by atoms with van der Waals surface area (Å²) in [5, 5.41) is 0. The highest BCUT2D eigenvalue weighted by Gasteiger charge is 2.15. The third kappa shape index (κ3) is 9.69. The molecule has 78 valence electrons. The molecule has 8 heteroatoms. The average molecular weight is 230 g/mol. The van der Waals surface area contributed by atoms with Crippen LogP contribution < -0.4 is 0 Å². The zero-order chi connectivity index (χ0) is 10.5. The van der Waals surface area contributed by atoms with Crippen LogP contribution in [0.25, 0.3) is 0 Å². The molecule has 13 heavy (non-hydrogen) atoms. The first-order chi connectivity index (χ1) is 5.81. The van der Waals surface area contributed by atoms with E-state index < -0.39 is 18.9 Å². The van der Waals surface area contributed by atoms with Gasteiger partial charge in [-0.15, -0.1) is 0 Å². The minimum Gasteiger partial charge on any atom is -0.432 e. The van der Waals surface area contributed by atoms with Gasteiger partial charge in [-0.1, -0.05) is 0 Å². The van der Waals surface area contributed by atoms with Crippen LogP contribution in [0.15, 0.2) is 0 Å². The quantitative estimate of drug-likeness (QED) is 0.427. The first-order valence-corrected chi connectivity index (χ1v) is 6.55. The molecule has 0 amide bonds. The molecule has 0 atom stereocenters. The van der Waals surface area contributed by atoms with E-state index in [-0.39, 0.29) is 17.5 Å². The first kappa shape index (κ1) is 12.8. The molecule has 0 saturated carbocycles. The summed E-state index contributed by atoms with van der Waals surface area (Å²) in [5.41, 5.74) is 0. The smallest absolute Gasteiger partial charge is 0.432 e. The van der Waals surface area contributed by atoms with Crippen LogP contribution in [0.1, 0.15) is 13.8 Å². The second-order valence-electron chi connectivity index (χ2n) is 2.30. The lowest BCUT2D eigenvalue weighted by molar-refractivity contribution is 0.0462. The largest absolute Gasteiger partial charge is 0.509 e. The van der Waals surface area contributed by atoms with Crippen molar-refractivity contribution in [1.29, 1.82) is 0 Å². The van der Waals surface area contributed by atoms with Gasteiger partial charge in [-0.25, -0.2) is 9.36 Å². The van der Waals surface area contributed by atoms with Crippen LogP contribution in [-0.4, -0.2) is 28.0 Å². The minimum atomic E-state index is -4.17. The molecule has 0 spiro atoms. The van der Waals surface area contributed by atoms with Crippen LogP contribution >= 0.6 is 18.2 Å². The summed E-state index contributed by atoms with van der Waals surface area (Å²) < 4.78 is 19.1. The van der Waals surface area contributed by atoms with Gasteiger partial charge in [0, 0.05) is 11.4 Å². The molecule has 0 radical (unpaired) electrons. The number of hydrogen-bond acceptors (Lipinski definition) is 5. The Hall–Kier alpha value is -0.230. The van der Waals surface area contributed by atoms with Crippen molar-refractivity contribution >= 4 is 24.3 Å². The molecule has 0 aromatic rings. The maximum Gasteiger partial charge on any atom is 0.509 e. The summed E-state index contributed by atoms with van der Waals surface area (Å²) in [6, 6.07) is 0. The van der Waals surface area contributed by atoms with Crippen molar-refractivity contribution in [2.24, 2.45) is 0 Å². The summed E-state index contributed by atoms with van der Waals surface area (Å²) in [6.45, 7) is -0.900. The van der Waals surface area contributed by atoms with Crippen molar-refractivity contribution in [3.63, 3.8) is 0 Å². The van der Waals surface area contributed by atoms with Crippen molar-refractivity contribution in [3.05, 3.63) is 0 Å². The Morgan fingerprint density at radius 3 is 2.46 bits per heavy atom. The van der Waals surface area contributed by atoms with Crippen LogP contribution in [-0.2, 0) is 14.0 Å². The van der Waals surface area contributed by atoms with E-state index in [9.17, 15) is 9.36 Å². The number of ether oxygens (including phenoxy) is 2. The average Bonchev–Trinajstić information content (AvgIpc) is 1.81. The SMILES string of the molecule is CC(C)OC(=O)OCSP(=O)(O)O. The van der Waals surface area contributed by atoms with E-state index in [1.807, 2.05) is 0 Å². The molecular formula is C5H11O6PS. The van der Waals surface area contributed by atoms with Crippen LogP contribution in [0, 0.1) is 0 Å². The molecule has 0 aromatic carbocycles. The zero-order valence-electron chi connectivity index (χ0n) is 7.17. The van der Waals surface area contributed by atoms with Gasteiger partial charge < -0.3 is 19.3 Å². The lowest BCUT2D eigenvalue weighted by Gasteiger charge is -2.08. The summed E-state index contributed by atoms with van der Waals surface area (Å²) >= 11 is 0.233. The van der Waals surface area contributed by atoms with Gasteiger partial charge in [0.15, 0.2) is 5.94 Å². The standard InChI is InChI=1S/C5H11O6PS/c1-4(2)11-5(6)10-3-13-12(7,8)9/h4H,3H2,1-2H3,(H2,7,8,9). The number of carbonyl (C=O) groups excluding carboxylic acids is 1. The summed E-state index contributed by atoms with van der Waals surface area (Å²) in [4.78, 5) is 27.3. The second kappa shape index (κ2) is 5.49. The predicted molar refractivity (Wildman–Crippen MR) is 47.2 cm³/mol. The summed E-state index contributed by atoms with van der Waals surface area (Å²) in [7, 11) is 0. The Morgan fingerprint density at radius 1 is 1.54 bits per heavy atom. The van der Waals surface area contributed by atoms with Crippen LogP contribution in [0.3, 0.4) is 0 Å². The van der Waals surface area contributed by atoms with Crippen molar-refractivity contribution in [3.8, 4) is 0 Å². The van der Waals surface area contributed by atoms with Gasteiger partial charge >= 0.3 is 13.0 Å². The molecular weight excluding hydrogens is 219 g/mol. The van der Waals surface area contributed by atoms with Crippen LogP contribution in [0.4, 0.5) is 4.79 Å². The van der Waals surface area contributed by atoms with Crippen molar-refractivity contribution in [2.75, 3.05) is 5.94 Å². The predicted octanol–water partition coefficient (Wildman–Crippen LogP) is 1.33. The molecule has 0 bridgehead atoms. The Morgan fingerprint density at radius 2 is 2.08 bits per heavy atom. The third-order valence-corrected chi connectivity index (χ3v) is 2.61. The van der Waals surface area contributed by atoms with E-state index in [1.54, 1.807) is 13.8 Å². The van der Waals surface area contributed by atoms with Gasteiger partial charge in [0.2, 0.25) is 0 Å². The first-order valence-electron chi connectivity index (χ1n) is 3.35. The normalized spacial score (nSPS) is 11.5. The highest BCUT2D eigenvalue weighted by atomic mass is 32.7. The number of carbonyl (C=O) groups is 1. The molecule has 0 unspecified atom stereocenters. The van der Waals surface area contributed by atoms with Gasteiger partial charge in [-0.2, -0.15) is 0 Å². The van der Waals surface area contributed by atoms with Crippen molar-refractivity contribution in [1.82, 2.24) is 0 Å². The Kier molecular flexibility index (Phi) is 5.39. The second-order valence-corrected chi connectivity index (χ2v) is 5.98. The van der Waals surface area contributed by atoms with E-state index in [4.69, 9.17) is 9.79 Å². The Bertz CT molecular complexity index is 211.